The van der Waals surface area contributed by atoms with Crippen LogP contribution in [0, 0.1) is 0 Å². The molecule has 0 aromatic heterocycles. The van der Waals surface area contributed by atoms with Crippen molar-refractivity contribution in [3.63, 3.8) is 0 Å². The van der Waals surface area contributed by atoms with Gasteiger partial charge in [-0.3, -0.25) is 9.68 Å². The summed E-state index contributed by atoms with van der Waals surface area (Å²) in [5.41, 5.74) is 0. The summed E-state index contributed by atoms with van der Waals surface area (Å²) in [5.74, 6) is -1.24. The van der Waals surface area contributed by atoms with Crippen molar-refractivity contribution >= 4 is 11.9 Å². The molecule has 0 N–H and O–H groups in total. The summed E-state index contributed by atoms with van der Waals surface area (Å²) in [5, 5.41) is 0. The lowest BCUT2D eigenvalue weighted by molar-refractivity contribution is -0.274. The van der Waals surface area contributed by atoms with Gasteiger partial charge in [0.05, 0.1) is 6.61 Å². The fourth-order valence-electron chi connectivity index (χ4n) is 0.375. The van der Waals surface area contributed by atoms with E-state index in [1.807, 2.05) is 6.92 Å². The molecule has 0 heterocycles. The molecule has 0 amide bonds. The van der Waals surface area contributed by atoms with Gasteiger partial charge in [-0.15, -0.1) is 0 Å². The maximum absolute atomic E-state index is 10.6. The first-order valence-corrected chi connectivity index (χ1v) is 3.62. The van der Waals surface area contributed by atoms with Crippen LogP contribution in [0.2, 0.25) is 0 Å². The van der Waals surface area contributed by atoms with Crippen molar-refractivity contribution < 1.29 is 24.1 Å². The number of rotatable bonds is 5. The molecule has 0 spiro atoms. The molecular formula is C7H12O5. The predicted molar refractivity (Wildman–Crippen MR) is 39.0 cm³/mol. The number of esters is 1. The van der Waals surface area contributed by atoms with Gasteiger partial charge >= 0.3 is 11.9 Å². The first-order chi connectivity index (χ1) is 5.66. The average molecular weight is 176 g/mol. The topological polar surface area (TPSA) is 61.8 Å². The van der Waals surface area contributed by atoms with E-state index in [-0.39, 0.29) is 0 Å². The first kappa shape index (κ1) is 10.9. The van der Waals surface area contributed by atoms with Crippen molar-refractivity contribution in [3.8, 4) is 0 Å². The maximum atomic E-state index is 10.6. The standard InChI is InChI=1S/C7H12O5/c1-3-4-11-12-7(9)5-10-6(2)8/h3-5H2,1-2H3. The minimum absolute atomic E-state index is 0.339. The number of hydrogen-bond donors (Lipinski definition) is 0. The van der Waals surface area contributed by atoms with Crippen LogP contribution in [0.25, 0.3) is 0 Å². The summed E-state index contributed by atoms with van der Waals surface area (Å²) in [4.78, 5) is 29.5. The Bertz CT molecular complexity index is 154. The Morgan fingerprint density at radius 3 is 2.50 bits per heavy atom. The highest BCUT2D eigenvalue weighted by molar-refractivity contribution is 5.74. The fourth-order valence-corrected chi connectivity index (χ4v) is 0.375. The van der Waals surface area contributed by atoms with Crippen LogP contribution in [-0.2, 0) is 24.1 Å². The molecule has 0 aliphatic rings. The molecule has 0 aromatic rings. The van der Waals surface area contributed by atoms with E-state index in [2.05, 4.69) is 14.5 Å². The van der Waals surface area contributed by atoms with Gasteiger partial charge in [0, 0.05) is 6.92 Å². The fraction of sp³-hybridized carbons (Fsp3) is 0.714. The van der Waals surface area contributed by atoms with Crippen LogP contribution < -0.4 is 0 Å². The maximum Gasteiger partial charge on any atom is 0.379 e. The van der Waals surface area contributed by atoms with Crippen molar-refractivity contribution in [1.82, 2.24) is 0 Å². The second kappa shape index (κ2) is 6.60. The lowest BCUT2D eigenvalue weighted by Gasteiger charge is -2.01. The summed E-state index contributed by atoms with van der Waals surface area (Å²) in [6.07, 6.45) is 0.751. The summed E-state index contributed by atoms with van der Waals surface area (Å²) < 4.78 is 4.34. The summed E-state index contributed by atoms with van der Waals surface area (Å²) in [6.45, 7) is 3.02. The Morgan fingerprint density at radius 1 is 1.33 bits per heavy atom. The van der Waals surface area contributed by atoms with Crippen LogP contribution in [0.4, 0.5) is 0 Å². The van der Waals surface area contributed by atoms with Crippen molar-refractivity contribution in [2.75, 3.05) is 13.2 Å². The highest BCUT2D eigenvalue weighted by atomic mass is 17.2. The van der Waals surface area contributed by atoms with Gasteiger partial charge in [0.25, 0.3) is 0 Å². The highest BCUT2D eigenvalue weighted by Gasteiger charge is 2.05. The van der Waals surface area contributed by atoms with E-state index in [1.165, 1.54) is 6.92 Å². The van der Waals surface area contributed by atoms with Gasteiger partial charge in [0.15, 0.2) is 6.61 Å². The molecule has 0 aliphatic heterocycles. The zero-order chi connectivity index (χ0) is 9.40. The van der Waals surface area contributed by atoms with Crippen LogP contribution in [0.3, 0.4) is 0 Å². The first-order valence-electron chi connectivity index (χ1n) is 3.62. The third-order valence-electron chi connectivity index (χ3n) is 0.833. The monoisotopic (exact) mass is 176 g/mol. The zero-order valence-corrected chi connectivity index (χ0v) is 7.16. The number of carbonyl (C=O) groups excluding carboxylic acids is 2. The van der Waals surface area contributed by atoms with Gasteiger partial charge in [0.2, 0.25) is 0 Å². The third kappa shape index (κ3) is 7.01. The summed E-state index contributed by atoms with van der Waals surface area (Å²) in [6, 6.07) is 0. The van der Waals surface area contributed by atoms with Crippen LogP contribution >= 0.6 is 0 Å². The molecule has 70 valence electrons. The number of hydrogen-bond acceptors (Lipinski definition) is 5. The molecule has 0 saturated carbocycles. The van der Waals surface area contributed by atoms with Crippen LogP contribution in [0.15, 0.2) is 0 Å². The van der Waals surface area contributed by atoms with Gasteiger partial charge in [-0.1, -0.05) is 6.92 Å². The largest absolute Gasteiger partial charge is 0.454 e. The van der Waals surface area contributed by atoms with E-state index in [9.17, 15) is 9.59 Å². The molecule has 0 fully saturated rings. The van der Waals surface area contributed by atoms with E-state index in [1.54, 1.807) is 0 Å². The smallest absolute Gasteiger partial charge is 0.379 e. The molecule has 0 atom stereocenters. The Morgan fingerprint density at radius 2 is 2.00 bits per heavy atom. The second-order valence-electron chi connectivity index (χ2n) is 2.06. The van der Waals surface area contributed by atoms with Crippen LogP contribution in [-0.4, -0.2) is 25.2 Å². The molecule has 0 aliphatic carbocycles. The SMILES string of the molecule is CCCOOC(=O)COC(C)=O. The van der Waals surface area contributed by atoms with E-state index in [4.69, 9.17) is 0 Å². The number of carbonyl (C=O) groups is 2. The molecule has 0 unspecified atom stereocenters. The predicted octanol–water partition coefficient (Wildman–Crippen LogP) is 0.434. The minimum atomic E-state index is -0.710. The Labute approximate surface area is 70.5 Å². The molecule has 0 saturated heterocycles. The normalized spacial score (nSPS) is 9.17. The molecule has 0 rings (SSSR count). The molecule has 0 bridgehead atoms. The second-order valence-corrected chi connectivity index (χ2v) is 2.06. The van der Waals surface area contributed by atoms with Crippen LogP contribution in [0.1, 0.15) is 20.3 Å². The Balaban J connectivity index is 3.28. The highest BCUT2D eigenvalue weighted by Crippen LogP contribution is 1.86. The molecular weight excluding hydrogens is 164 g/mol. The Kier molecular flexibility index (Phi) is 6.00. The number of ether oxygens (including phenoxy) is 1. The van der Waals surface area contributed by atoms with Crippen molar-refractivity contribution in [2.24, 2.45) is 0 Å². The molecule has 5 nitrogen and oxygen atoms in total. The van der Waals surface area contributed by atoms with Crippen molar-refractivity contribution in [2.45, 2.75) is 20.3 Å². The Hall–Kier alpha value is -1.10. The minimum Gasteiger partial charge on any atom is -0.454 e. The van der Waals surface area contributed by atoms with Crippen molar-refractivity contribution in [3.05, 3.63) is 0 Å². The van der Waals surface area contributed by atoms with E-state index < -0.39 is 18.5 Å². The summed E-state index contributed by atoms with van der Waals surface area (Å²) >= 11 is 0. The van der Waals surface area contributed by atoms with E-state index in [0.717, 1.165) is 6.42 Å². The molecule has 12 heavy (non-hydrogen) atoms. The van der Waals surface area contributed by atoms with Gasteiger partial charge in [-0.05, 0) is 6.42 Å². The molecule has 0 radical (unpaired) electrons. The van der Waals surface area contributed by atoms with Crippen molar-refractivity contribution in [1.29, 1.82) is 0 Å². The van der Waals surface area contributed by atoms with Crippen LogP contribution in [0.5, 0.6) is 0 Å². The molecule has 5 heteroatoms. The zero-order valence-electron chi connectivity index (χ0n) is 7.16. The summed E-state index contributed by atoms with van der Waals surface area (Å²) in [7, 11) is 0. The van der Waals surface area contributed by atoms with Gasteiger partial charge < -0.3 is 4.74 Å². The lowest BCUT2D eigenvalue weighted by Crippen LogP contribution is -2.15. The van der Waals surface area contributed by atoms with E-state index in [0.29, 0.717) is 6.61 Å². The molecule has 0 aromatic carbocycles. The third-order valence-corrected chi connectivity index (χ3v) is 0.833. The van der Waals surface area contributed by atoms with Gasteiger partial charge in [-0.2, -0.15) is 4.89 Å². The van der Waals surface area contributed by atoms with Gasteiger partial charge in [0.1, 0.15) is 0 Å². The van der Waals surface area contributed by atoms with Gasteiger partial charge in [-0.25, -0.2) is 4.79 Å². The quantitative estimate of drug-likeness (QED) is 0.263. The average Bonchev–Trinajstić information content (AvgIpc) is 2.01. The lowest BCUT2D eigenvalue weighted by atomic mass is 10.5. The van der Waals surface area contributed by atoms with E-state index >= 15 is 0 Å².